The molecule has 1 unspecified atom stereocenters. The van der Waals surface area contributed by atoms with Crippen LogP contribution in [0, 0.1) is 0 Å². The summed E-state index contributed by atoms with van der Waals surface area (Å²) in [5, 5.41) is 2.60. The molecule has 0 aliphatic carbocycles. The third kappa shape index (κ3) is 4.20. The third-order valence-corrected chi connectivity index (χ3v) is 3.89. The molecule has 0 fully saturated rings. The highest BCUT2D eigenvalue weighted by Gasteiger charge is 2.18. The van der Waals surface area contributed by atoms with E-state index in [0.717, 1.165) is 10.8 Å². The number of hydrogen-bond donors (Lipinski definition) is 2. The molecular formula is C10H14ClN3O5S. The Kier molecular flexibility index (Phi) is 5.12. The van der Waals surface area contributed by atoms with Gasteiger partial charge in [-0.3, -0.25) is 19.1 Å². The highest BCUT2D eigenvalue weighted by molar-refractivity contribution is 8.13. The van der Waals surface area contributed by atoms with Gasteiger partial charge in [0, 0.05) is 22.9 Å². The standard InChI is InChI=1S/C10H14ClN3O5S/c1-3-6(2)12-8(15)5-14-4-7(20(11,18)19)9(16)13-10(14)17/h4,6H,3,5H2,1-2H3,(H,12,15)(H,13,16,17). The van der Waals surface area contributed by atoms with Gasteiger partial charge in [0.1, 0.15) is 6.54 Å². The van der Waals surface area contributed by atoms with Crippen molar-refractivity contribution < 1.29 is 13.2 Å². The largest absolute Gasteiger partial charge is 0.352 e. The summed E-state index contributed by atoms with van der Waals surface area (Å²) in [7, 11) is 0.769. The van der Waals surface area contributed by atoms with Gasteiger partial charge in [0.2, 0.25) is 5.91 Å². The van der Waals surface area contributed by atoms with Crippen LogP contribution in [0.1, 0.15) is 20.3 Å². The predicted octanol–water partition coefficient (Wildman–Crippen LogP) is -0.621. The monoisotopic (exact) mass is 323 g/mol. The van der Waals surface area contributed by atoms with Crippen LogP contribution in [0.25, 0.3) is 0 Å². The van der Waals surface area contributed by atoms with Gasteiger partial charge in [0.05, 0.1) is 0 Å². The van der Waals surface area contributed by atoms with Gasteiger partial charge in [-0.25, -0.2) is 13.2 Å². The number of carbonyl (C=O) groups is 1. The number of rotatable bonds is 5. The highest BCUT2D eigenvalue weighted by Crippen LogP contribution is 2.07. The Balaban J connectivity index is 3.12. The first kappa shape index (κ1) is 16.4. The fourth-order valence-electron chi connectivity index (χ4n) is 1.36. The number of nitrogens with one attached hydrogen (secondary N) is 2. The van der Waals surface area contributed by atoms with E-state index in [9.17, 15) is 22.8 Å². The molecule has 1 heterocycles. The number of amides is 1. The average Bonchev–Trinajstić information content (AvgIpc) is 2.30. The number of halogens is 1. The Hall–Kier alpha value is -1.61. The molecule has 0 bridgehead atoms. The second kappa shape index (κ2) is 6.23. The number of aromatic nitrogens is 2. The topological polar surface area (TPSA) is 118 Å². The lowest BCUT2D eigenvalue weighted by molar-refractivity contribution is -0.122. The molecular weight excluding hydrogens is 310 g/mol. The minimum atomic E-state index is -4.30. The average molecular weight is 324 g/mol. The van der Waals surface area contributed by atoms with Crippen molar-refractivity contribution in [1.29, 1.82) is 0 Å². The molecule has 0 spiro atoms. The third-order valence-electron chi connectivity index (χ3n) is 2.57. The fourth-order valence-corrected chi connectivity index (χ4v) is 2.21. The van der Waals surface area contributed by atoms with Crippen LogP contribution in [0.5, 0.6) is 0 Å². The van der Waals surface area contributed by atoms with E-state index in [4.69, 9.17) is 10.7 Å². The van der Waals surface area contributed by atoms with E-state index in [1.807, 2.05) is 6.92 Å². The van der Waals surface area contributed by atoms with Crippen molar-refractivity contribution in [2.45, 2.75) is 37.8 Å². The van der Waals surface area contributed by atoms with Crippen molar-refractivity contribution in [3.63, 3.8) is 0 Å². The maximum atomic E-state index is 11.6. The van der Waals surface area contributed by atoms with Crippen molar-refractivity contribution in [2.24, 2.45) is 0 Å². The zero-order valence-corrected chi connectivity index (χ0v) is 12.4. The van der Waals surface area contributed by atoms with Gasteiger partial charge in [-0.2, -0.15) is 0 Å². The normalized spacial score (nSPS) is 12.9. The molecule has 2 N–H and O–H groups in total. The van der Waals surface area contributed by atoms with Gasteiger partial charge in [-0.15, -0.1) is 0 Å². The highest BCUT2D eigenvalue weighted by atomic mass is 35.7. The lowest BCUT2D eigenvalue weighted by Gasteiger charge is -2.12. The van der Waals surface area contributed by atoms with Crippen LogP contribution in [0.2, 0.25) is 0 Å². The molecule has 0 saturated heterocycles. The molecule has 112 valence electrons. The Morgan fingerprint density at radius 3 is 2.60 bits per heavy atom. The van der Waals surface area contributed by atoms with Crippen LogP contribution in [0.15, 0.2) is 20.7 Å². The maximum Gasteiger partial charge on any atom is 0.328 e. The summed E-state index contributed by atoms with van der Waals surface area (Å²) >= 11 is 0. The Morgan fingerprint density at radius 1 is 1.50 bits per heavy atom. The smallest absolute Gasteiger partial charge is 0.328 e. The van der Waals surface area contributed by atoms with E-state index in [1.165, 1.54) is 0 Å². The number of carbonyl (C=O) groups excluding carboxylic acids is 1. The lowest BCUT2D eigenvalue weighted by Crippen LogP contribution is -2.39. The molecule has 1 rings (SSSR count). The molecule has 0 saturated carbocycles. The molecule has 1 aromatic heterocycles. The molecule has 8 nitrogen and oxygen atoms in total. The van der Waals surface area contributed by atoms with Gasteiger partial charge in [-0.1, -0.05) is 6.92 Å². The Morgan fingerprint density at radius 2 is 2.10 bits per heavy atom. The number of H-pyrrole nitrogens is 1. The summed E-state index contributed by atoms with van der Waals surface area (Å²) in [5.74, 6) is -0.480. The van der Waals surface area contributed by atoms with Crippen LogP contribution in [0.3, 0.4) is 0 Å². The van der Waals surface area contributed by atoms with Crippen molar-refractivity contribution in [3.05, 3.63) is 27.0 Å². The summed E-state index contributed by atoms with van der Waals surface area (Å²) in [6.07, 6.45) is 1.45. The predicted molar refractivity (Wildman–Crippen MR) is 72.3 cm³/mol. The molecule has 0 radical (unpaired) electrons. The van der Waals surface area contributed by atoms with Crippen molar-refractivity contribution in [3.8, 4) is 0 Å². The van der Waals surface area contributed by atoms with Crippen molar-refractivity contribution in [1.82, 2.24) is 14.9 Å². The van der Waals surface area contributed by atoms with Gasteiger partial charge in [0.15, 0.2) is 4.90 Å². The fraction of sp³-hybridized carbons (Fsp3) is 0.500. The van der Waals surface area contributed by atoms with Gasteiger partial charge in [0.25, 0.3) is 14.6 Å². The maximum absolute atomic E-state index is 11.6. The Bertz CT molecular complexity index is 721. The number of hydrogen-bond acceptors (Lipinski definition) is 5. The summed E-state index contributed by atoms with van der Waals surface area (Å²) in [6.45, 7) is 3.23. The quantitative estimate of drug-likeness (QED) is 0.700. The molecule has 1 atom stereocenters. The molecule has 0 aromatic carbocycles. The first-order valence-corrected chi connectivity index (χ1v) is 8.04. The Labute approximate surface area is 119 Å². The van der Waals surface area contributed by atoms with E-state index >= 15 is 0 Å². The van der Waals surface area contributed by atoms with Gasteiger partial charge < -0.3 is 5.32 Å². The first-order valence-electron chi connectivity index (χ1n) is 5.73. The van der Waals surface area contributed by atoms with Crippen LogP contribution >= 0.6 is 10.7 Å². The van der Waals surface area contributed by atoms with E-state index in [0.29, 0.717) is 6.42 Å². The molecule has 1 aromatic rings. The van der Waals surface area contributed by atoms with Crippen LogP contribution in [0.4, 0.5) is 0 Å². The van der Waals surface area contributed by atoms with Crippen molar-refractivity contribution in [2.75, 3.05) is 0 Å². The molecule has 10 heteroatoms. The zero-order chi connectivity index (χ0) is 15.5. The van der Waals surface area contributed by atoms with Gasteiger partial charge in [-0.05, 0) is 13.3 Å². The minimum absolute atomic E-state index is 0.0859. The summed E-state index contributed by atoms with van der Waals surface area (Å²) in [5.41, 5.74) is -2.01. The van der Waals surface area contributed by atoms with E-state index in [-0.39, 0.29) is 6.04 Å². The lowest BCUT2D eigenvalue weighted by atomic mass is 10.2. The molecule has 20 heavy (non-hydrogen) atoms. The zero-order valence-electron chi connectivity index (χ0n) is 10.8. The second-order valence-electron chi connectivity index (χ2n) is 4.20. The SMILES string of the molecule is CCC(C)NC(=O)Cn1cc(S(=O)(=O)Cl)c(=O)[nH]c1=O. The van der Waals surface area contributed by atoms with E-state index in [2.05, 4.69) is 5.32 Å². The number of nitrogens with zero attached hydrogens (tertiary/aromatic N) is 1. The summed E-state index contributed by atoms with van der Waals surface area (Å²) < 4.78 is 23.1. The molecule has 0 aliphatic heterocycles. The van der Waals surface area contributed by atoms with E-state index < -0.39 is 37.6 Å². The number of aromatic amines is 1. The minimum Gasteiger partial charge on any atom is -0.352 e. The molecule has 1 amide bonds. The first-order chi connectivity index (χ1) is 9.15. The van der Waals surface area contributed by atoms with Gasteiger partial charge >= 0.3 is 5.69 Å². The second-order valence-corrected chi connectivity index (χ2v) is 6.73. The van der Waals surface area contributed by atoms with Crippen LogP contribution < -0.4 is 16.6 Å². The molecule has 0 aliphatic rings. The summed E-state index contributed by atoms with van der Waals surface area (Å²) in [4.78, 5) is 35.5. The summed E-state index contributed by atoms with van der Waals surface area (Å²) in [6, 6.07) is -0.0859. The van der Waals surface area contributed by atoms with Crippen LogP contribution in [-0.2, 0) is 20.4 Å². The van der Waals surface area contributed by atoms with Crippen molar-refractivity contribution >= 4 is 25.6 Å². The van der Waals surface area contributed by atoms with E-state index in [1.54, 1.807) is 11.9 Å². The van der Waals surface area contributed by atoms with Crippen LogP contribution in [-0.4, -0.2) is 29.9 Å².